The maximum atomic E-state index is 14.1. The van der Waals surface area contributed by atoms with Gasteiger partial charge in [0.25, 0.3) is 0 Å². The van der Waals surface area contributed by atoms with Crippen LogP contribution in [-0.4, -0.2) is 44.2 Å². The van der Waals surface area contributed by atoms with E-state index in [1.165, 1.54) is 17.7 Å². The highest BCUT2D eigenvalue weighted by Gasteiger charge is 2.17. The molecule has 2 aromatic rings. The summed E-state index contributed by atoms with van der Waals surface area (Å²) in [6, 6.07) is 10.3. The molecule has 0 spiro atoms. The first-order chi connectivity index (χ1) is 13.7. The number of benzene rings is 2. The average Bonchev–Trinajstić information content (AvgIpc) is 3.16. The number of ether oxygens (including phenoxy) is 1. The summed E-state index contributed by atoms with van der Waals surface area (Å²) in [5.74, 6) is -0.00416. The summed E-state index contributed by atoms with van der Waals surface area (Å²) in [6.07, 6.45) is 5.11. The fourth-order valence-corrected chi connectivity index (χ4v) is 4.18. The Hall–Kier alpha value is -2.14. The standard InChI is InChI=1S/C23H28F2N2O/c24-20-6-8-21(9-7-20)27-13-11-26(12-14-27)10-1-2-15-28-23-17-19-5-3-4-18(19)16-22(23)25/h6-9,16-17H,1-5,10-15H2. The van der Waals surface area contributed by atoms with E-state index < -0.39 is 0 Å². The molecule has 0 atom stereocenters. The van der Waals surface area contributed by atoms with Crippen molar-refractivity contribution in [2.45, 2.75) is 32.1 Å². The van der Waals surface area contributed by atoms with Crippen LogP contribution in [0.2, 0.25) is 0 Å². The average molecular weight is 386 g/mol. The Morgan fingerprint density at radius 3 is 2.32 bits per heavy atom. The lowest BCUT2D eigenvalue weighted by Crippen LogP contribution is -2.46. The van der Waals surface area contributed by atoms with E-state index in [-0.39, 0.29) is 11.6 Å². The number of rotatable bonds is 7. The highest BCUT2D eigenvalue weighted by molar-refractivity contribution is 5.46. The zero-order valence-corrected chi connectivity index (χ0v) is 16.3. The molecule has 0 amide bonds. The molecule has 28 heavy (non-hydrogen) atoms. The van der Waals surface area contributed by atoms with Gasteiger partial charge < -0.3 is 9.64 Å². The van der Waals surface area contributed by atoms with E-state index in [4.69, 9.17) is 4.74 Å². The minimum absolute atomic E-state index is 0.190. The van der Waals surface area contributed by atoms with Gasteiger partial charge in [-0.25, -0.2) is 8.78 Å². The van der Waals surface area contributed by atoms with Crippen molar-refractivity contribution in [1.82, 2.24) is 4.90 Å². The van der Waals surface area contributed by atoms with Gasteiger partial charge in [0.1, 0.15) is 5.82 Å². The van der Waals surface area contributed by atoms with Gasteiger partial charge in [0.05, 0.1) is 6.61 Å². The molecule has 0 unspecified atom stereocenters. The molecule has 0 saturated carbocycles. The van der Waals surface area contributed by atoms with E-state index in [0.717, 1.165) is 76.1 Å². The predicted molar refractivity (Wildman–Crippen MR) is 108 cm³/mol. The van der Waals surface area contributed by atoms with Crippen molar-refractivity contribution < 1.29 is 13.5 Å². The first kappa shape index (κ1) is 19.2. The Kier molecular flexibility index (Phi) is 6.10. The summed E-state index contributed by atoms with van der Waals surface area (Å²) in [5, 5.41) is 0. The molecule has 5 heteroatoms. The number of hydrogen-bond donors (Lipinski definition) is 0. The lowest BCUT2D eigenvalue weighted by molar-refractivity contribution is 0.236. The van der Waals surface area contributed by atoms with Crippen molar-refractivity contribution in [3.8, 4) is 5.75 Å². The van der Waals surface area contributed by atoms with Gasteiger partial charge in [-0.05, 0) is 86.2 Å². The van der Waals surface area contributed by atoms with Gasteiger partial charge in [-0.15, -0.1) is 0 Å². The summed E-state index contributed by atoms with van der Waals surface area (Å²) in [4.78, 5) is 4.76. The minimum atomic E-state index is -0.224. The van der Waals surface area contributed by atoms with Gasteiger partial charge in [0, 0.05) is 31.9 Å². The summed E-state index contributed by atoms with van der Waals surface area (Å²) < 4.78 is 32.8. The number of piperazine rings is 1. The van der Waals surface area contributed by atoms with Gasteiger partial charge in [0.2, 0.25) is 0 Å². The Morgan fingerprint density at radius 1 is 0.857 bits per heavy atom. The Morgan fingerprint density at radius 2 is 1.57 bits per heavy atom. The van der Waals surface area contributed by atoms with Crippen LogP contribution in [0.4, 0.5) is 14.5 Å². The van der Waals surface area contributed by atoms with E-state index >= 15 is 0 Å². The van der Waals surface area contributed by atoms with E-state index in [9.17, 15) is 8.78 Å². The number of anilines is 1. The fraction of sp³-hybridized carbons (Fsp3) is 0.478. The maximum absolute atomic E-state index is 14.1. The van der Waals surface area contributed by atoms with Crippen LogP contribution in [0.1, 0.15) is 30.4 Å². The second-order valence-corrected chi connectivity index (χ2v) is 7.77. The maximum Gasteiger partial charge on any atom is 0.165 e. The Bertz CT molecular complexity index is 786. The van der Waals surface area contributed by atoms with Gasteiger partial charge >= 0.3 is 0 Å². The van der Waals surface area contributed by atoms with Crippen LogP contribution in [0, 0.1) is 11.6 Å². The molecule has 1 heterocycles. The number of halogens is 2. The lowest BCUT2D eigenvalue weighted by Gasteiger charge is -2.36. The largest absolute Gasteiger partial charge is 0.491 e. The van der Waals surface area contributed by atoms with Crippen molar-refractivity contribution in [3.05, 3.63) is 59.2 Å². The minimum Gasteiger partial charge on any atom is -0.491 e. The van der Waals surface area contributed by atoms with Crippen LogP contribution in [0.5, 0.6) is 5.75 Å². The lowest BCUT2D eigenvalue weighted by atomic mass is 10.1. The number of nitrogens with zero attached hydrogens (tertiary/aromatic N) is 2. The molecule has 3 nitrogen and oxygen atoms in total. The number of fused-ring (bicyclic) bond motifs is 1. The second kappa shape index (κ2) is 8.91. The van der Waals surface area contributed by atoms with Crippen molar-refractivity contribution in [1.29, 1.82) is 0 Å². The predicted octanol–water partition coefficient (Wildman–Crippen LogP) is 4.43. The molecule has 1 aliphatic heterocycles. The number of hydrogen-bond acceptors (Lipinski definition) is 3. The van der Waals surface area contributed by atoms with Crippen molar-refractivity contribution >= 4 is 5.69 Å². The summed E-state index contributed by atoms with van der Waals surface area (Å²) in [5.41, 5.74) is 3.48. The molecular weight excluding hydrogens is 358 g/mol. The molecule has 1 saturated heterocycles. The van der Waals surface area contributed by atoms with E-state index in [2.05, 4.69) is 9.80 Å². The van der Waals surface area contributed by atoms with Crippen LogP contribution in [0.25, 0.3) is 0 Å². The first-order valence-electron chi connectivity index (χ1n) is 10.4. The summed E-state index contributed by atoms with van der Waals surface area (Å²) in [6.45, 7) is 5.54. The highest BCUT2D eigenvalue weighted by atomic mass is 19.1. The molecule has 1 fully saturated rings. The van der Waals surface area contributed by atoms with Crippen LogP contribution < -0.4 is 9.64 Å². The van der Waals surface area contributed by atoms with Crippen LogP contribution in [-0.2, 0) is 12.8 Å². The van der Waals surface area contributed by atoms with Gasteiger partial charge in [0.15, 0.2) is 11.6 Å². The third kappa shape index (κ3) is 4.64. The molecule has 0 radical (unpaired) electrons. The van der Waals surface area contributed by atoms with E-state index in [0.29, 0.717) is 12.4 Å². The van der Waals surface area contributed by atoms with Crippen LogP contribution >= 0.6 is 0 Å². The molecule has 0 N–H and O–H groups in total. The molecule has 0 aromatic heterocycles. The van der Waals surface area contributed by atoms with Crippen molar-refractivity contribution in [3.63, 3.8) is 0 Å². The number of unbranched alkanes of at least 4 members (excludes halogenated alkanes) is 1. The molecular formula is C23H28F2N2O. The van der Waals surface area contributed by atoms with Crippen molar-refractivity contribution in [2.75, 3.05) is 44.2 Å². The fourth-order valence-electron chi connectivity index (χ4n) is 4.18. The molecule has 2 aromatic carbocycles. The van der Waals surface area contributed by atoms with E-state index in [1.807, 2.05) is 18.2 Å². The van der Waals surface area contributed by atoms with Gasteiger partial charge in [-0.1, -0.05) is 0 Å². The Balaban J connectivity index is 1.14. The normalized spacial score (nSPS) is 17.0. The highest BCUT2D eigenvalue weighted by Crippen LogP contribution is 2.29. The number of aryl methyl sites for hydroxylation is 2. The molecule has 1 aliphatic carbocycles. The molecule has 2 aliphatic rings. The topological polar surface area (TPSA) is 15.7 Å². The second-order valence-electron chi connectivity index (χ2n) is 7.77. The summed E-state index contributed by atoms with van der Waals surface area (Å²) >= 11 is 0. The van der Waals surface area contributed by atoms with Gasteiger partial charge in [-0.2, -0.15) is 0 Å². The Labute approximate surface area is 165 Å². The first-order valence-corrected chi connectivity index (χ1v) is 10.4. The van der Waals surface area contributed by atoms with Crippen LogP contribution in [0.3, 0.4) is 0 Å². The molecule has 0 bridgehead atoms. The monoisotopic (exact) mass is 386 g/mol. The van der Waals surface area contributed by atoms with E-state index in [1.54, 1.807) is 6.07 Å². The SMILES string of the molecule is Fc1ccc(N2CCN(CCCCOc3cc4c(cc3F)CCC4)CC2)cc1. The third-order valence-electron chi connectivity index (χ3n) is 5.84. The molecule has 150 valence electrons. The quantitative estimate of drug-likeness (QED) is 0.655. The van der Waals surface area contributed by atoms with Crippen LogP contribution in [0.15, 0.2) is 36.4 Å². The zero-order chi connectivity index (χ0) is 19.3. The third-order valence-corrected chi connectivity index (χ3v) is 5.84. The van der Waals surface area contributed by atoms with Gasteiger partial charge in [-0.3, -0.25) is 4.90 Å². The van der Waals surface area contributed by atoms with Crippen molar-refractivity contribution in [2.24, 2.45) is 0 Å². The smallest absolute Gasteiger partial charge is 0.165 e. The molecule has 4 rings (SSSR count). The summed E-state index contributed by atoms with van der Waals surface area (Å²) in [7, 11) is 0. The zero-order valence-electron chi connectivity index (χ0n) is 16.3.